The molecular weight excluding hydrogens is 196 g/mol. The summed E-state index contributed by atoms with van der Waals surface area (Å²) in [7, 11) is 0. The Labute approximate surface area is 99.5 Å². The van der Waals surface area contributed by atoms with Crippen LogP contribution < -0.4 is 0 Å². The summed E-state index contributed by atoms with van der Waals surface area (Å²) in [6.45, 7) is 10.7. The van der Waals surface area contributed by atoms with Crippen LogP contribution >= 0.6 is 0 Å². The molecule has 1 aromatic carbocycles. The molecule has 0 aromatic heterocycles. The third kappa shape index (κ3) is 2.78. The molecule has 0 saturated heterocycles. The maximum Gasteiger partial charge on any atom is 0.122 e. The zero-order valence-electron chi connectivity index (χ0n) is 11.2. The highest BCUT2D eigenvalue weighted by molar-refractivity contribution is 5.48. The Morgan fingerprint density at radius 1 is 1.19 bits per heavy atom. The quantitative estimate of drug-likeness (QED) is 0.803. The van der Waals surface area contributed by atoms with Crippen LogP contribution in [0.1, 0.15) is 57.2 Å². The second-order valence-corrected chi connectivity index (χ2v) is 5.61. The van der Waals surface area contributed by atoms with Gasteiger partial charge in [-0.25, -0.2) is 0 Å². The molecule has 90 valence electrons. The van der Waals surface area contributed by atoms with E-state index < -0.39 is 0 Å². The monoisotopic (exact) mass is 220 g/mol. The van der Waals surface area contributed by atoms with Crippen molar-refractivity contribution in [1.29, 1.82) is 0 Å². The third-order valence-corrected chi connectivity index (χ3v) is 3.11. The number of phenolic OH excluding ortho intramolecular Hbond substituents is 1. The Hall–Kier alpha value is -0.980. The molecule has 0 aliphatic rings. The summed E-state index contributed by atoms with van der Waals surface area (Å²) in [6, 6.07) is 4.19. The Bertz CT molecular complexity index is 358. The smallest absolute Gasteiger partial charge is 0.122 e. The zero-order valence-corrected chi connectivity index (χ0v) is 11.2. The first-order valence-electron chi connectivity index (χ1n) is 6.19. The second-order valence-electron chi connectivity index (χ2n) is 5.61. The maximum absolute atomic E-state index is 10.3. The highest BCUT2D eigenvalue weighted by Gasteiger charge is 2.20. The summed E-state index contributed by atoms with van der Waals surface area (Å²) in [4.78, 5) is 0. The first kappa shape index (κ1) is 13.1. The lowest BCUT2D eigenvalue weighted by molar-refractivity contribution is 0.438. The highest BCUT2D eigenvalue weighted by atomic mass is 16.3. The number of unbranched alkanes of at least 4 members (excludes halogenated alkanes) is 1. The van der Waals surface area contributed by atoms with Crippen molar-refractivity contribution in [2.45, 2.75) is 59.3 Å². The van der Waals surface area contributed by atoms with Gasteiger partial charge in [-0.2, -0.15) is 0 Å². The van der Waals surface area contributed by atoms with Gasteiger partial charge in [0.1, 0.15) is 5.75 Å². The van der Waals surface area contributed by atoms with Gasteiger partial charge in [0.2, 0.25) is 0 Å². The molecule has 1 aromatic rings. The fraction of sp³-hybridized carbons (Fsp3) is 0.600. The zero-order chi connectivity index (χ0) is 12.3. The lowest BCUT2D eigenvalue weighted by atomic mass is 9.83. The minimum atomic E-state index is 0.0126. The van der Waals surface area contributed by atoms with Crippen molar-refractivity contribution in [3.05, 3.63) is 28.8 Å². The van der Waals surface area contributed by atoms with E-state index in [2.05, 4.69) is 46.8 Å². The molecule has 0 atom stereocenters. The predicted octanol–water partition coefficient (Wildman–Crippen LogP) is 4.34. The molecule has 0 saturated carbocycles. The van der Waals surface area contributed by atoms with Crippen LogP contribution in [0.15, 0.2) is 12.1 Å². The van der Waals surface area contributed by atoms with Gasteiger partial charge in [0, 0.05) is 0 Å². The number of aromatic hydroxyl groups is 1. The molecule has 1 nitrogen and oxygen atoms in total. The van der Waals surface area contributed by atoms with E-state index in [1.165, 1.54) is 12.0 Å². The van der Waals surface area contributed by atoms with Gasteiger partial charge in [0.25, 0.3) is 0 Å². The van der Waals surface area contributed by atoms with Crippen LogP contribution in [0.5, 0.6) is 5.75 Å². The van der Waals surface area contributed by atoms with Gasteiger partial charge in [0.05, 0.1) is 0 Å². The van der Waals surface area contributed by atoms with Gasteiger partial charge < -0.3 is 5.11 Å². The number of hydrogen-bond acceptors (Lipinski definition) is 1. The van der Waals surface area contributed by atoms with Crippen molar-refractivity contribution in [2.24, 2.45) is 0 Å². The normalized spacial score (nSPS) is 11.8. The number of benzene rings is 1. The van der Waals surface area contributed by atoms with Crippen molar-refractivity contribution in [1.82, 2.24) is 0 Å². The summed E-state index contributed by atoms with van der Waals surface area (Å²) in [5.74, 6) is 0.515. The molecule has 1 rings (SSSR count). The molecule has 1 N–H and O–H groups in total. The van der Waals surface area contributed by atoms with Crippen LogP contribution in [0, 0.1) is 6.92 Å². The molecule has 0 unspecified atom stereocenters. The van der Waals surface area contributed by atoms with Gasteiger partial charge in [-0.15, -0.1) is 0 Å². The Kier molecular flexibility index (Phi) is 4.01. The van der Waals surface area contributed by atoms with E-state index in [-0.39, 0.29) is 5.41 Å². The summed E-state index contributed by atoms with van der Waals surface area (Å²) in [5.41, 5.74) is 3.41. The number of rotatable bonds is 3. The summed E-state index contributed by atoms with van der Waals surface area (Å²) in [6.07, 6.45) is 3.29. The van der Waals surface area contributed by atoms with Gasteiger partial charge in [-0.1, -0.05) is 46.2 Å². The lowest BCUT2D eigenvalue weighted by Gasteiger charge is -2.23. The van der Waals surface area contributed by atoms with Crippen LogP contribution in [-0.2, 0) is 11.8 Å². The van der Waals surface area contributed by atoms with Crippen molar-refractivity contribution >= 4 is 0 Å². The molecule has 0 fully saturated rings. The van der Waals surface area contributed by atoms with E-state index >= 15 is 0 Å². The Morgan fingerprint density at radius 2 is 1.81 bits per heavy atom. The van der Waals surface area contributed by atoms with Crippen molar-refractivity contribution in [3.8, 4) is 5.75 Å². The molecule has 0 heterocycles. The van der Waals surface area contributed by atoms with Crippen LogP contribution in [0.25, 0.3) is 0 Å². The average Bonchev–Trinajstić information content (AvgIpc) is 2.15. The topological polar surface area (TPSA) is 20.2 Å². The van der Waals surface area contributed by atoms with Crippen LogP contribution in [0.2, 0.25) is 0 Å². The van der Waals surface area contributed by atoms with E-state index in [0.717, 1.165) is 24.0 Å². The third-order valence-electron chi connectivity index (χ3n) is 3.11. The van der Waals surface area contributed by atoms with E-state index in [1.807, 2.05) is 0 Å². The number of aryl methyl sites for hydroxylation is 1. The minimum absolute atomic E-state index is 0.0126. The standard InChI is InChI=1S/C15H24O/c1-6-7-8-12-11(2)9-10-13(14(12)16)15(3,4)5/h9-10,16H,6-8H2,1-5H3. The lowest BCUT2D eigenvalue weighted by Crippen LogP contribution is -2.12. The van der Waals surface area contributed by atoms with Gasteiger partial charge in [0.15, 0.2) is 0 Å². The average molecular weight is 220 g/mol. The summed E-state index contributed by atoms with van der Waals surface area (Å²) in [5, 5.41) is 10.3. The molecule has 0 aliphatic heterocycles. The molecule has 0 amide bonds. The van der Waals surface area contributed by atoms with Crippen LogP contribution in [0.3, 0.4) is 0 Å². The highest BCUT2D eigenvalue weighted by Crippen LogP contribution is 2.35. The van der Waals surface area contributed by atoms with Crippen molar-refractivity contribution in [2.75, 3.05) is 0 Å². The van der Waals surface area contributed by atoms with Crippen molar-refractivity contribution in [3.63, 3.8) is 0 Å². The van der Waals surface area contributed by atoms with Crippen LogP contribution in [0.4, 0.5) is 0 Å². The fourth-order valence-corrected chi connectivity index (χ4v) is 2.01. The van der Waals surface area contributed by atoms with Crippen LogP contribution in [-0.4, -0.2) is 5.11 Å². The molecule has 0 bridgehead atoms. The predicted molar refractivity (Wildman–Crippen MR) is 70.2 cm³/mol. The van der Waals surface area contributed by atoms with E-state index in [0.29, 0.717) is 5.75 Å². The first-order chi connectivity index (χ1) is 7.38. The number of phenols is 1. The summed E-state index contributed by atoms with van der Waals surface area (Å²) < 4.78 is 0. The summed E-state index contributed by atoms with van der Waals surface area (Å²) >= 11 is 0. The maximum atomic E-state index is 10.3. The van der Waals surface area contributed by atoms with E-state index in [9.17, 15) is 5.11 Å². The largest absolute Gasteiger partial charge is 0.507 e. The van der Waals surface area contributed by atoms with Crippen molar-refractivity contribution < 1.29 is 5.11 Å². The van der Waals surface area contributed by atoms with E-state index in [1.54, 1.807) is 0 Å². The van der Waals surface area contributed by atoms with E-state index in [4.69, 9.17) is 0 Å². The first-order valence-corrected chi connectivity index (χ1v) is 6.19. The SMILES string of the molecule is CCCCc1c(C)ccc(C(C)(C)C)c1O. The Morgan fingerprint density at radius 3 is 2.31 bits per heavy atom. The molecule has 16 heavy (non-hydrogen) atoms. The molecule has 1 heteroatoms. The Balaban J connectivity index is 3.16. The fourth-order valence-electron chi connectivity index (χ4n) is 2.01. The molecule has 0 aliphatic carbocycles. The molecular formula is C15H24O. The number of hydrogen-bond donors (Lipinski definition) is 1. The van der Waals surface area contributed by atoms with Gasteiger partial charge in [-0.05, 0) is 41.9 Å². The van der Waals surface area contributed by atoms with Gasteiger partial charge in [-0.3, -0.25) is 0 Å². The molecule has 0 spiro atoms. The molecule has 0 radical (unpaired) electrons. The van der Waals surface area contributed by atoms with Gasteiger partial charge >= 0.3 is 0 Å². The second kappa shape index (κ2) is 4.90. The minimum Gasteiger partial charge on any atom is -0.507 e.